The molecule has 0 spiro atoms. The van der Waals surface area contributed by atoms with Crippen LogP contribution in [0, 0.1) is 6.92 Å². The van der Waals surface area contributed by atoms with E-state index in [1.807, 2.05) is 25.1 Å². The average molecular weight is 382 g/mol. The molecule has 1 aliphatic heterocycles. The largest absolute Gasteiger partial charge is 0.462 e. The van der Waals surface area contributed by atoms with Gasteiger partial charge < -0.3 is 15.0 Å². The second-order valence-electron chi connectivity index (χ2n) is 6.28. The van der Waals surface area contributed by atoms with Crippen LogP contribution in [0.3, 0.4) is 0 Å². The van der Waals surface area contributed by atoms with Crippen molar-refractivity contribution in [1.29, 1.82) is 0 Å². The Morgan fingerprint density at radius 3 is 2.96 bits per heavy atom. The minimum atomic E-state index is -0.344. The maximum absolute atomic E-state index is 12.2. The summed E-state index contributed by atoms with van der Waals surface area (Å²) >= 11 is 1.30. The van der Waals surface area contributed by atoms with E-state index >= 15 is 0 Å². The smallest absolute Gasteiger partial charge is 0.348 e. The maximum Gasteiger partial charge on any atom is 0.348 e. The maximum atomic E-state index is 12.2. The number of nitrogens with one attached hydrogen (secondary N) is 1. The molecule has 0 radical (unpaired) electrons. The summed E-state index contributed by atoms with van der Waals surface area (Å²) in [7, 11) is 1.78. The fourth-order valence-electron chi connectivity index (χ4n) is 3.24. The van der Waals surface area contributed by atoms with E-state index in [9.17, 15) is 9.59 Å². The van der Waals surface area contributed by atoms with Gasteiger partial charge in [0.25, 0.3) is 0 Å². The van der Waals surface area contributed by atoms with Gasteiger partial charge in [0, 0.05) is 18.4 Å². The number of esters is 1. The van der Waals surface area contributed by atoms with Gasteiger partial charge in [0.2, 0.25) is 5.91 Å². The molecule has 0 fully saturated rings. The summed E-state index contributed by atoms with van der Waals surface area (Å²) in [5.74, 6) is 0.365. The van der Waals surface area contributed by atoms with Crippen molar-refractivity contribution in [3.8, 4) is 0 Å². The van der Waals surface area contributed by atoms with Gasteiger partial charge in [-0.2, -0.15) is 0 Å². The molecule has 0 atom stereocenters. The number of carbonyl (C=O) groups is 2. The summed E-state index contributed by atoms with van der Waals surface area (Å²) in [6.07, 6.45) is 1.87. The Labute approximate surface area is 160 Å². The molecule has 3 aromatic rings. The highest BCUT2D eigenvalue weighted by Crippen LogP contribution is 2.36. The number of thiophene rings is 1. The van der Waals surface area contributed by atoms with E-state index in [-0.39, 0.29) is 11.9 Å². The van der Waals surface area contributed by atoms with Crippen LogP contribution in [0.2, 0.25) is 0 Å². The monoisotopic (exact) mass is 382 g/mol. The molecule has 138 valence electrons. The Balaban J connectivity index is 1.72. The van der Waals surface area contributed by atoms with Crippen LogP contribution in [-0.2, 0) is 16.0 Å². The molecular weight excluding hydrogens is 364 g/mol. The number of anilines is 3. The highest BCUT2D eigenvalue weighted by Gasteiger charge is 2.24. The Hall–Kier alpha value is -3.00. The molecule has 1 amide bonds. The van der Waals surface area contributed by atoms with Crippen LogP contribution >= 0.6 is 11.3 Å². The molecule has 27 heavy (non-hydrogen) atoms. The molecule has 2 aromatic heterocycles. The number of fused-ring (bicyclic) bond motifs is 2. The van der Waals surface area contributed by atoms with Crippen molar-refractivity contribution in [2.75, 3.05) is 23.9 Å². The normalized spacial score (nSPS) is 13.1. The van der Waals surface area contributed by atoms with Gasteiger partial charge >= 0.3 is 5.97 Å². The summed E-state index contributed by atoms with van der Waals surface area (Å²) in [6.45, 7) is 3.98. The van der Waals surface area contributed by atoms with Crippen LogP contribution in [-0.4, -0.2) is 35.5 Å². The van der Waals surface area contributed by atoms with Crippen LogP contribution in [0.5, 0.6) is 0 Å². The molecule has 0 saturated carbocycles. The lowest BCUT2D eigenvalue weighted by molar-refractivity contribution is -0.117. The number of rotatable bonds is 4. The van der Waals surface area contributed by atoms with E-state index in [2.05, 4.69) is 15.3 Å². The van der Waals surface area contributed by atoms with E-state index in [1.165, 1.54) is 17.7 Å². The van der Waals surface area contributed by atoms with Gasteiger partial charge in [-0.05, 0) is 43.2 Å². The van der Waals surface area contributed by atoms with Gasteiger partial charge in [-0.15, -0.1) is 11.3 Å². The van der Waals surface area contributed by atoms with E-state index in [4.69, 9.17) is 4.74 Å². The van der Waals surface area contributed by atoms with Crippen LogP contribution in [0.25, 0.3) is 10.2 Å². The van der Waals surface area contributed by atoms with Crippen molar-refractivity contribution < 1.29 is 14.3 Å². The molecule has 1 aliphatic rings. The van der Waals surface area contributed by atoms with Crippen molar-refractivity contribution in [3.63, 3.8) is 0 Å². The molecule has 0 aliphatic carbocycles. The van der Waals surface area contributed by atoms with Gasteiger partial charge in [0.05, 0.1) is 18.4 Å². The molecular formula is C19H18N4O3S. The Morgan fingerprint density at radius 2 is 2.19 bits per heavy atom. The van der Waals surface area contributed by atoms with Crippen molar-refractivity contribution in [1.82, 2.24) is 9.97 Å². The van der Waals surface area contributed by atoms with Crippen molar-refractivity contribution >= 4 is 50.6 Å². The molecule has 0 saturated heterocycles. The number of aromatic nitrogens is 2. The minimum absolute atomic E-state index is 0.0827. The lowest BCUT2D eigenvalue weighted by Gasteiger charge is -2.12. The number of hydrogen-bond donors (Lipinski definition) is 1. The third-order valence-electron chi connectivity index (χ3n) is 4.61. The first-order valence-electron chi connectivity index (χ1n) is 8.57. The summed E-state index contributed by atoms with van der Waals surface area (Å²) < 4.78 is 5.13. The van der Waals surface area contributed by atoms with Gasteiger partial charge in [-0.3, -0.25) is 4.79 Å². The molecule has 4 rings (SSSR count). The van der Waals surface area contributed by atoms with E-state index in [1.54, 1.807) is 18.9 Å². The van der Waals surface area contributed by atoms with Crippen molar-refractivity contribution in [2.45, 2.75) is 20.3 Å². The predicted molar refractivity (Wildman–Crippen MR) is 105 cm³/mol. The van der Waals surface area contributed by atoms with Crippen LogP contribution in [0.1, 0.15) is 27.7 Å². The summed E-state index contributed by atoms with van der Waals surface area (Å²) in [4.78, 5) is 35.6. The van der Waals surface area contributed by atoms with Gasteiger partial charge in [-0.25, -0.2) is 14.8 Å². The predicted octanol–water partition coefficient (Wildman–Crippen LogP) is 3.44. The molecule has 3 heterocycles. The quantitative estimate of drug-likeness (QED) is 0.696. The Kier molecular flexibility index (Phi) is 4.27. The first-order chi connectivity index (χ1) is 13.0. The zero-order valence-electron chi connectivity index (χ0n) is 15.2. The van der Waals surface area contributed by atoms with Gasteiger partial charge in [-0.1, -0.05) is 0 Å². The fourth-order valence-corrected chi connectivity index (χ4v) is 4.28. The zero-order chi connectivity index (χ0) is 19.1. The number of nitrogens with zero attached hydrogens (tertiary/aromatic N) is 3. The van der Waals surface area contributed by atoms with Crippen LogP contribution in [0.15, 0.2) is 24.5 Å². The van der Waals surface area contributed by atoms with Crippen LogP contribution in [0.4, 0.5) is 17.2 Å². The lowest BCUT2D eigenvalue weighted by atomic mass is 10.1. The summed E-state index contributed by atoms with van der Waals surface area (Å²) in [6, 6.07) is 5.79. The molecule has 7 nitrogen and oxygen atoms in total. The summed E-state index contributed by atoms with van der Waals surface area (Å²) in [5.41, 5.74) is 3.54. The number of hydrogen-bond acceptors (Lipinski definition) is 7. The average Bonchev–Trinajstić information content (AvgIpc) is 3.13. The van der Waals surface area contributed by atoms with Gasteiger partial charge in [0.15, 0.2) is 0 Å². The first-order valence-corrected chi connectivity index (χ1v) is 9.39. The molecule has 8 heteroatoms. The SMILES string of the molecule is CCOC(=O)c1sc2ncnc(Nc3ccc4c(c3)CC(=O)N4C)c2c1C. The number of amides is 1. The first kappa shape index (κ1) is 17.4. The van der Waals surface area contributed by atoms with E-state index in [0.717, 1.165) is 32.7 Å². The molecule has 1 aromatic carbocycles. The number of benzene rings is 1. The standard InChI is InChI=1S/C19H18N4O3S/c1-4-26-19(25)16-10(2)15-17(20-9-21-18(15)27-16)22-12-5-6-13-11(7-12)8-14(24)23(13)3/h5-7,9H,4,8H2,1-3H3,(H,20,21,22). The van der Waals surface area contributed by atoms with Crippen molar-refractivity contribution in [3.05, 3.63) is 40.5 Å². The number of ether oxygens (including phenoxy) is 1. The minimum Gasteiger partial charge on any atom is -0.462 e. The van der Waals surface area contributed by atoms with Crippen molar-refractivity contribution in [2.24, 2.45) is 0 Å². The van der Waals surface area contributed by atoms with E-state index in [0.29, 0.717) is 23.7 Å². The fraction of sp³-hybridized carbons (Fsp3) is 0.263. The highest BCUT2D eigenvalue weighted by atomic mass is 32.1. The summed E-state index contributed by atoms with van der Waals surface area (Å²) in [5, 5.41) is 4.11. The second-order valence-corrected chi connectivity index (χ2v) is 7.28. The number of likely N-dealkylation sites (N-methyl/N-ethyl adjacent to an activating group) is 1. The Bertz CT molecular complexity index is 1080. The van der Waals surface area contributed by atoms with Gasteiger partial charge in [0.1, 0.15) is 21.9 Å². The lowest BCUT2D eigenvalue weighted by Crippen LogP contribution is -2.20. The molecule has 0 unspecified atom stereocenters. The number of aryl methyl sites for hydroxylation is 1. The zero-order valence-corrected chi connectivity index (χ0v) is 16.0. The molecule has 0 bridgehead atoms. The third-order valence-corrected chi connectivity index (χ3v) is 5.79. The van der Waals surface area contributed by atoms with E-state index < -0.39 is 0 Å². The highest BCUT2D eigenvalue weighted by molar-refractivity contribution is 7.20. The Morgan fingerprint density at radius 1 is 1.37 bits per heavy atom. The number of carbonyl (C=O) groups excluding carboxylic acids is 2. The second kappa shape index (κ2) is 6.62. The third kappa shape index (κ3) is 2.91. The molecule has 1 N–H and O–H groups in total. The van der Waals surface area contributed by atoms with Crippen LogP contribution < -0.4 is 10.2 Å². The topological polar surface area (TPSA) is 84.4 Å².